The standard InChI is InChI=1S/C8H18O3/c1-7(10)4-5-8(11)3-2-6-9/h7-11H,2-6H2,1H3/t7-,8-/m0/s1. The smallest absolute Gasteiger partial charge is 0.0542 e. The average molecular weight is 162 g/mol. The molecule has 0 saturated heterocycles. The van der Waals surface area contributed by atoms with Gasteiger partial charge in [-0.25, -0.2) is 0 Å². The zero-order valence-corrected chi connectivity index (χ0v) is 7.03. The molecule has 0 aromatic heterocycles. The molecule has 3 nitrogen and oxygen atoms in total. The van der Waals surface area contributed by atoms with Crippen molar-refractivity contribution in [2.75, 3.05) is 6.61 Å². The lowest BCUT2D eigenvalue weighted by Crippen LogP contribution is -2.11. The van der Waals surface area contributed by atoms with Crippen molar-refractivity contribution in [3.63, 3.8) is 0 Å². The monoisotopic (exact) mass is 162 g/mol. The first kappa shape index (κ1) is 10.9. The molecule has 0 amide bonds. The van der Waals surface area contributed by atoms with Crippen molar-refractivity contribution in [3.05, 3.63) is 0 Å². The quantitative estimate of drug-likeness (QED) is 0.525. The predicted octanol–water partition coefficient (Wildman–Crippen LogP) is 0.281. The van der Waals surface area contributed by atoms with E-state index in [2.05, 4.69) is 0 Å². The van der Waals surface area contributed by atoms with E-state index in [1.165, 1.54) is 0 Å². The van der Waals surface area contributed by atoms with E-state index < -0.39 is 0 Å². The Balaban J connectivity index is 3.15. The second kappa shape index (κ2) is 6.58. The third kappa shape index (κ3) is 7.78. The Hall–Kier alpha value is -0.120. The Labute approximate surface area is 67.7 Å². The van der Waals surface area contributed by atoms with Gasteiger partial charge in [0.05, 0.1) is 12.2 Å². The highest BCUT2D eigenvalue weighted by Gasteiger charge is 2.04. The zero-order chi connectivity index (χ0) is 8.69. The Morgan fingerprint density at radius 3 is 2.18 bits per heavy atom. The molecule has 0 aromatic rings. The lowest BCUT2D eigenvalue weighted by molar-refractivity contribution is 0.110. The molecule has 3 heteroatoms. The molecule has 0 spiro atoms. The molecule has 0 heterocycles. The minimum Gasteiger partial charge on any atom is -0.396 e. The van der Waals surface area contributed by atoms with Gasteiger partial charge in [-0.2, -0.15) is 0 Å². The summed E-state index contributed by atoms with van der Waals surface area (Å²) in [5.74, 6) is 0. The average Bonchev–Trinajstić information content (AvgIpc) is 1.97. The minimum atomic E-state index is -0.364. The number of rotatable bonds is 6. The lowest BCUT2D eigenvalue weighted by Gasteiger charge is -2.10. The lowest BCUT2D eigenvalue weighted by atomic mass is 10.1. The van der Waals surface area contributed by atoms with E-state index in [1.807, 2.05) is 0 Å². The van der Waals surface area contributed by atoms with Gasteiger partial charge < -0.3 is 15.3 Å². The van der Waals surface area contributed by atoms with E-state index >= 15 is 0 Å². The molecule has 68 valence electrons. The van der Waals surface area contributed by atoms with Gasteiger partial charge in [0.1, 0.15) is 0 Å². The molecule has 0 aromatic carbocycles. The van der Waals surface area contributed by atoms with Crippen molar-refractivity contribution in [1.29, 1.82) is 0 Å². The molecule has 11 heavy (non-hydrogen) atoms. The van der Waals surface area contributed by atoms with E-state index in [9.17, 15) is 5.11 Å². The van der Waals surface area contributed by atoms with Crippen LogP contribution in [0.5, 0.6) is 0 Å². The van der Waals surface area contributed by atoms with Gasteiger partial charge in [-0.15, -0.1) is 0 Å². The van der Waals surface area contributed by atoms with E-state index in [0.717, 1.165) is 0 Å². The van der Waals surface area contributed by atoms with E-state index in [0.29, 0.717) is 25.7 Å². The van der Waals surface area contributed by atoms with Gasteiger partial charge in [0.2, 0.25) is 0 Å². The van der Waals surface area contributed by atoms with Gasteiger partial charge in [-0.1, -0.05) is 0 Å². The normalized spacial score (nSPS) is 16.4. The molecule has 0 radical (unpaired) electrons. The van der Waals surface area contributed by atoms with Crippen molar-refractivity contribution in [2.45, 2.75) is 44.8 Å². The SMILES string of the molecule is C[C@H](O)CC[C@@H](O)CCCO. The molecular weight excluding hydrogens is 144 g/mol. The molecule has 0 saturated carbocycles. The van der Waals surface area contributed by atoms with Crippen molar-refractivity contribution in [1.82, 2.24) is 0 Å². The van der Waals surface area contributed by atoms with E-state index in [4.69, 9.17) is 10.2 Å². The van der Waals surface area contributed by atoms with Gasteiger partial charge in [-0.3, -0.25) is 0 Å². The molecular formula is C8H18O3. The van der Waals surface area contributed by atoms with Crippen LogP contribution in [0.15, 0.2) is 0 Å². The molecule has 0 bridgehead atoms. The second-order valence-electron chi connectivity index (χ2n) is 2.95. The maximum absolute atomic E-state index is 9.21. The molecule has 0 aliphatic rings. The van der Waals surface area contributed by atoms with Crippen LogP contribution < -0.4 is 0 Å². The van der Waals surface area contributed by atoms with Crippen LogP contribution in [0.4, 0.5) is 0 Å². The summed E-state index contributed by atoms with van der Waals surface area (Å²) in [6, 6.07) is 0. The summed E-state index contributed by atoms with van der Waals surface area (Å²) in [7, 11) is 0. The van der Waals surface area contributed by atoms with Crippen LogP contribution >= 0.6 is 0 Å². The van der Waals surface area contributed by atoms with Crippen LogP contribution in [0.3, 0.4) is 0 Å². The maximum Gasteiger partial charge on any atom is 0.0542 e. The maximum atomic E-state index is 9.21. The fraction of sp³-hybridized carbons (Fsp3) is 1.00. The molecule has 0 aliphatic heterocycles. The second-order valence-corrected chi connectivity index (χ2v) is 2.95. The van der Waals surface area contributed by atoms with Crippen LogP contribution in [0, 0.1) is 0 Å². The number of hydrogen-bond acceptors (Lipinski definition) is 3. The largest absolute Gasteiger partial charge is 0.396 e. The molecule has 0 unspecified atom stereocenters. The third-order valence-electron chi connectivity index (χ3n) is 1.61. The van der Waals surface area contributed by atoms with Crippen LogP contribution in [0.25, 0.3) is 0 Å². The van der Waals surface area contributed by atoms with Gasteiger partial charge in [0, 0.05) is 6.61 Å². The van der Waals surface area contributed by atoms with Crippen molar-refractivity contribution in [2.24, 2.45) is 0 Å². The molecule has 2 atom stereocenters. The van der Waals surface area contributed by atoms with Crippen molar-refractivity contribution in [3.8, 4) is 0 Å². The Kier molecular flexibility index (Phi) is 6.51. The Bertz CT molecular complexity index is 83.4. The third-order valence-corrected chi connectivity index (χ3v) is 1.61. The summed E-state index contributed by atoms with van der Waals surface area (Å²) in [4.78, 5) is 0. The first-order valence-corrected chi connectivity index (χ1v) is 4.13. The minimum absolute atomic E-state index is 0.131. The van der Waals surface area contributed by atoms with E-state index in [1.54, 1.807) is 6.92 Å². The van der Waals surface area contributed by atoms with Crippen molar-refractivity contribution < 1.29 is 15.3 Å². The van der Waals surface area contributed by atoms with Gasteiger partial charge >= 0.3 is 0 Å². The van der Waals surface area contributed by atoms with Crippen LogP contribution in [0.1, 0.15) is 32.6 Å². The summed E-state index contributed by atoms with van der Waals surface area (Å²) < 4.78 is 0. The fourth-order valence-electron chi connectivity index (χ4n) is 0.905. The summed E-state index contributed by atoms with van der Waals surface area (Å²) in [6.45, 7) is 1.84. The van der Waals surface area contributed by atoms with Gasteiger partial charge in [0.15, 0.2) is 0 Å². The number of hydrogen-bond donors (Lipinski definition) is 3. The van der Waals surface area contributed by atoms with Crippen LogP contribution in [-0.4, -0.2) is 34.1 Å². The fourth-order valence-corrected chi connectivity index (χ4v) is 0.905. The van der Waals surface area contributed by atoms with Gasteiger partial charge in [0.25, 0.3) is 0 Å². The molecule has 0 rings (SSSR count). The topological polar surface area (TPSA) is 60.7 Å². The van der Waals surface area contributed by atoms with E-state index in [-0.39, 0.29) is 18.8 Å². The highest BCUT2D eigenvalue weighted by Crippen LogP contribution is 2.06. The summed E-state index contributed by atoms with van der Waals surface area (Å²) >= 11 is 0. The highest BCUT2D eigenvalue weighted by molar-refractivity contribution is 4.57. The van der Waals surface area contributed by atoms with Crippen LogP contribution in [-0.2, 0) is 0 Å². The zero-order valence-electron chi connectivity index (χ0n) is 7.03. The highest BCUT2D eigenvalue weighted by atomic mass is 16.3. The van der Waals surface area contributed by atoms with Crippen LogP contribution in [0.2, 0.25) is 0 Å². The molecule has 0 aliphatic carbocycles. The predicted molar refractivity (Wildman–Crippen MR) is 43.2 cm³/mol. The number of aliphatic hydroxyl groups is 3. The Morgan fingerprint density at radius 1 is 1.09 bits per heavy atom. The summed E-state index contributed by atoms with van der Waals surface area (Å²) in [5.41, 5.74) is 0. The Morgan fingerprint density at radius 2 is 1.73 bits per heavy atom. The summed E-state index contributed by atoms with van der Waals surface area (Å²) in [5, 5.41) is 26.5. The molecule has 3 N–H and O–H groups in total. The molecule has 0 fully saturated rings. The van der Waals surface area contributed by atoms with Gasteiger partial charge in [-0.05, 0) is 32.6 Å². The number of aliphatic hydroxyl groups excluding tert-OH is 3. The summed E-state index contributed by atoms with van der Waals surface area (Å²) in [6.07, 6.45) is 1.82. The first-order chi connectivity index (χ1) is 5.16. The van der Waals surface area contributed by atoms with Crippen molar-refractivity contribution >= 4 is 0 Å². The first-order valence-electron chi connectivity index (χ1n) is 4.13.